The Morgan fingerprint density at radius 3 is 2.04 bits per heavy atom. The van der Waals surface area contributed by atoms with E-state index in [1.165, 1.54) is 0 Å². The standard InChI is InChI=1S/C19H37B2N2O2S/c1-9-12-18(4,5)15(17(25)23(20)21-8)13-16(24)22(26)19(6,7)14(10-2)11-3/h14-15,26H,9-13H2,1-8H3/p+1. The third-order valence-electron chi connectivity index (χ3n) is 5.94. The van der Waals surface area contributed by atoms with Gasteiger partial charge < -0.3 is 4.72 Å². The van der Waals surface area contributed by atoms with Crippen molar-refractivity contribution in [1.82, 2.24) is 4.72 Å². The molecular formula is C19H38B2N2O2S+. The van der Waals surface area contributed by atoms with Crippen LogP contribution in [0, 0.1) is 17.3 Å². The Labute approximate surface area is 169 Å². The summed E-state index contributed by atoms with van der Waals surface area (Å²) in [6, 6.07) is 0. The number of carbonyl (C=O) groups excluding carboxylic acids is 2. The molecule has 2 amide bonds. The first kappa shape index (κ1) is 25.6. The summed E-state index contributed by atoms with van der Waals surface area (Å²) in [6.45, 7) is 16.3. The highest BCUT2D eigenvalue weighted by Crippen LogP contribution is 2.35. The number of quaternary nitrogens is 1. The minimum atomic E-state index is -0.462. The van der Waals surface area contributed by atoms with Gasteiger partial charge in [0.15, 0.2) is 0 Å². The van der Waals surface area contributed by atoms with Crippen molar-refractivity contribution in [3.8, 4) is 0 Å². The van der Waals surface area contributed by atoms with Gasteiger partial charge in [0, 0.05) is 5.92 Å². The highest BCUT2D eigenvalue weighted by molar-refractivity contribution is 7.73. The lowest BCUT2D eigenvalue weighted by atomic mass is 9.71. The van der Waals surface area contributed by atoms with Gasteiger partial charge in [-0.15, -0.1) is 0 Å². The third kappa shape index (κ3) is 6.33. The second-order valence-corrected chi connectivity index (χ2v) is 8.95. The van der Waals surface area contributed by atoms with Crippen LogP contribution in [-0.4, -0.2) is 37.5 Å². The molecule has 7 heteroatoms. The zero-order valence-electron chi connectivity index (χ0n) is 18.1. The Balaban J connectivity index is 5.57. The molecule has 147 valence electrons. The average Bonchev–Trinajstić information content (AvgIpc) is 2.57. The van der Waals surface area contributed by atoms with Gasteiger partial charge in [0.1, 0.15) is 5.54 Å². The number of nitrogens with one attached hydrogen (secondary N) is 1. The molecule has 0 aliphatic heterocycles. The van der Waals surface area contributed by atoms with Gasteiger partial charge in [0.2, 0.25) is 21.3 Å². The van der Waals surface area contributed by atoms with Crippen molar-refractivity contribution in [2.75, 3.05) is 0 Å². The van der Waals surface area contributed by atoms with Crippen molar-refractivity contribution in [3.05, 3.63) is 0 Å². The quantitative estimate of drug-likeness (QED) is 0.428. The number of rotatable bonds is 11. The van der Waals surface area contributed by atoms with Gasteiger partial charge >= 0.3 is 5.91 Å². The summed E-state index contributed by atoms with van der Waals surface area (Å²) < 4.78 is 1.68. The van der Waals surface area contributed by atoms with Gasteiger partial charge in [-0.1, -0.05) is 47.9 Å². The summed E-state index contributed by atoms with van der Waals surface area (Å²) in [5, 5.41) is 0. The Kier molecular flexibility index (Phi) is 10.6. The molecule has 26 heavy (non-hydrogen) atoms. The molecule has 0 aromatic carbocycles. The van der Waals surface area contributed by atoms with Crippen LogP contribution in [0.15, 0.2) is 0 Å². The van der Waals surface area contributed by atoms with Crippen LogP contribution in [0.4, 0.5) is 0 Å². The van der Waals surface area contributed by atoms with E-state index >= 15 is 0 Å². The van der Waals surface area contributed by atoms with E-state index in [0.29, 0.717) is 10.2 Å². The van der Waals surface area contributed by atoms with E-state index in [4.69, 9.17) is 7.98 Å². The molecule has 0 bridgehead atoms. The summed E-state index contributed by atoms with van der Waals surface area (Å²) in [5.41, 5.74) is -0.610. The fourth-order valence-corrected chi connectivity index (χ4v) is 4.24. The maximum atomic E-state index is 13.1. The monoisotopic (exact) mass is 380 g/mol. The SMILES string of the molecule is [B]N([B]C)C(=O)C(CC(=O)[NH+](S)C(C)(C)C(CC)CC)C(C)(C)CCC. The number of hydrogen-bond donors (Lipinski definition) is 2. The molecule has 2 atom stereocenters. The fourth-order valence-electron chi connectivity index (χ4n) is 3.97. The lowest BCUT2D eigenvalue weighted by molar-refractivity contribution is -0.739. The fraction of sp³-hybridized carbons (Fsp3) is 0.895. The van der Waals surface area contributed by atoms with Crippen molar-refractivity contribution >= 4 is 40.0 Å². The lowest BCUT2D eigenvalue weighted by Crippen LogP contribution is -3.15. The van der Waals surface area contributed by atoms with Crippen LogP contribution >= 0.6 is 12.8 Å². The molecule has 0 aliphatic rings. The first-order chi connectivity index (χ1) is 11.9. The smallest absolute Gasteiger partial charge is 0.324 e. The molecular weight excluding hydrogens is 342 g/mol. The number of hydrogen-bond acceptors (Lipinski definition) is 3. The molecule has 3 radical (unpaired) electrons. The van der Waals surface area contributed by atoms with Crippen molar-refractivity contribution < 1.29 is 13.9 Å². The first-order valence-electron chi connectivity index (χ1n) is 9.87. The lowest BCUT2D eigenvalue weighted by Gasteiger charge is -2.38. The first-order valence-corrected chi connectivity index (χ1v) is 10.3. The van der Waals surface area contributed by atoms with Crippen LogP contribution in [0.25, 0.3) is 0 Å². The van der Waals surface area contributed by atoms with Crippen molar-refractivity contribution in [2.24, 2.45) is 17.3 Å². The van der Waals surface area contributed by atoms with Gasteiger partial charge in [-0.25, -0.2) is 9.10 Å². The van der Waals surface area contributed by atoms with Gasteiger partial charge in [-0.05, 0) is 38.5 Å². The summed E-state index contributed by atoms with van der Waals surface area (Å²) in [5.74, 6) is -0.333. The minimum absolute atomic E-state index is 0.0442. The van der Waals surface area contributed by atoms with Gasteiger partial charge in [-0.2, -0.15) is 0 Å². The molecule has 1 N–H and O–H groups in total. The van der Waals surface area contributed by atoms with Gasteiger partial charge in [-0.3, -0.25) is 4.79 Å². The van der Waals surface area contributed by atoms with Crippen LogP contribution in [0.5, 0.6) is 0 Å². The average molecular weight is 380 g/mol. The van der Waals surface area contributed by atoms with E-state index in [2.05, 4.69) is 47.4 Å². The Morgan fingerprint density at radius 2 is 1.65 bits per heavy atom. The highest BCUT2D eigenvalue weighted by Gasteiger charge is 2.44. The van der Waals surface area contributed by atoms with Crippen molar-refractivity contribution in [1.29, 1.82) is 0 Å². The predicted molar refractivity (Wildman–Crippen MR) is 114 cm³/mol. The molecule has 0 spiro atoms. The second kappa shape index (κ2) is 10.8. The topological polar surface area (TPSA) is 41.8 Å². The molecule has 0 fully saturated rings. The molecule has 0 saturated heterocycles. The summed E-state index contributed by atoms with van der Waals surface area (Å²) >= 11 is 4.62. The number of amides is 2. The second-order valence-electron chi connectivity index (χ2n) is 8.51. The summed E-state index contributed by atoms with van der Waals surface area (Å²) in [4.78, 5) is 25.9. The van der Waals surface area contributed by atoms with Crippen molar-refractivity contribution in [2.45, 2.75) is 92.9 Å². The zero-order valence-corrected chi connectivity index (χ0v) is 19.0. The van der Waals surface area contributed by atoms with Gasteiger partial charge in [0.25, 0.3) is 0 Å². The normalized spacial score (nSPS) is 14.8. The minimum Gasteiger partial charge on any atom is -0.444 e. The summed E-state index contributed by atoms with van der Waals surface area (Å²) in [7, 11) is 7.37. The molecule has 2 unspecified atom stereocenters. The Bertz CT molecular complexity index is 468. The molecule has 0 aromatic rings. The molecule has 0 heterocycles. The van der Waals surface area contributed by atoms with Crippen LogP contribution in [-0.2, 0) is 9.59 Å². The maximum absolute atomic E-state index is 13.1. The molecule has 0 aromatic heterocycles. The maximum Gasteiger partial charge on any atom is 0.324 e. The highest BCUT2D eigenvalue weighted by atomic mass is 32.1. The molecule has 0 aliphatic carbocycles. The Morgan fingerprint density at radius 1 is 1.15 bits per heavy atom. The van der Waals surface area contributed by atoms with E-state index in [1.54, 1.807) is 14.2 Å². The van der Waals surface area contributed by atoms with Crippen LogP contribution in [0.3, 0.4) is 0 Å². The van der Waals surface area contributed by atoms with E-state index in [9.17, 15) is 9.59 Å². The molecule has 0 rings (SSSR count). The third-order valence-corrected chi connectivity index (χ3v) is 6.76. The van der Waals surface area contributed by atoms with Crippen molar-refractivity contribution in [3.63, 3.8) is 0 Å². The van der Waals surface area contributed by atoms with Crippen LogP contribution in [0.1, 0.15) is 80.6 Å². The Hall–Kier alpha value is -0.420. The van der Waals surface area contributed by atoms with E-state index in [-0.39, 0.29) is 29.2 Å². The van der Waals surface area contributed by atoms with E-state index < -0.39 is 5.92 Å². The number of carbonyl (C=O) groups is 2. The van der Waals surface area contributed by atoms with Crippen LogP contribution < -0.4 is 4.31 Å². The molecule has 4 nitrogen and oxygen atoms in total. The zero-order chi connectivity index (χ0) is 20.7. The largest absolute Gasteiger partial charge is 0.444 e. The number of thiol groups is 1. The summed E-state index contributed by atoms with van der Waals surface area (Å²) in [6.07, 6.45) is 3.93. The van der Waals surface area contributed by atoms with Gasteiger partial charge in [0.05, 0.1) is 25.2 Å². The van der Waals surface area contributed by atoms with E-state index in [0.717, 1.165) is 30.4 Å². The van der Waals surface area contributed by atoms with E-state index in [1.807, 2.05) is 13.8 Å². The predicted octanol–water partition coefficient (Wildman–Crippen LogP) is 2.87. The molecule has 0 saturated carbocycles. The number of nitrogens with zero attached hydrogens (tertiary/aromatic N) is 1. The van der Waals surface area contributed by atoms with Crippen LogP contribution in [0.2, 0.25) is 6.82 Å².